The van der Waals surface area contributed by atoms with Crippen LogP contribution in [0.3, 0.4) is 0 Å². The van der Waals surface area contributed by atoms with Crippen molar-refractivity contribution >= 4 is 10.0 Å². The number of benzene rings is 2. The van der Waals surface area contributed by atoms with E-state index in [1.54, 1.807) is 18.2 Å². The quantitative estimate of drug-likeness (QED) is 0.622. The van der Waals surface area contributed by atoms with Crippen LogP contribution in [0.1, 0.15) is 41.2 Å². The van der Waals surface area contributed by atoms with E-state index in [9.17, 15) is 12.8 Å². The van der Waals surface area contributed by atoms with E-state index in [0.29, 0.717) is 29.4 Å². The van der Waals surface area contributed by atoms with E-state index in [1.807, 2.05) is 12.1 Å². The monoisotopic (exact) mass is 414 g/mol. The Bertz CT molecular complexity index is 1110. The first kappa shape index (κ1) is 19.7. The average molecular weight is 415 g/mol. The van der Waals surface area contributed by atoms with Crippen LogP contribution in [0.2, 0.25) is 0 Å². The predicted molar refractivity (Wildman–Crippen MR) is 108 cm³/mol. The van der Waals surface area contributed by atoms with Crippen LogP contribution in [0.15, 0.2) is 47.4 Å². The third-order valence-corrected chi connectivity index (χ3v) is 6.57. The fourth-order valence-corrected chi connectivity index (χ4v) is 4.71. The molecule has 1 heterocycles. The maximum atomic E-state index is 13.3. The van der Waals surface area contributed by atoms with Crippen LogP contribution >= 0.6 is 0 Å². The summed E-state index contributed by atoms with van der Waals surface area (Å²) in [6.45, 7) is 0.205. The van der Waals surface area contributed by atoms with E-state index >= 15 is 0 Å². The van der Waals surface area contributed by atoms with Crippen molar-refractivity contribution < 1.29 is 12.8 Å². The molecule has 8 heteroatoms. The highest BCUT2D eigenvalue weighted by molar-refractivity contribution is 7.89. The third kappa shape index (κ3) is 4.89. The van der Waals surface area contributed by atoms with E-state index in [0.717, 1.165) is 36.8 Å². The maximum Gasteiger partial charge on any atom is 0.240 e. The summed E-state index contributed by atoms with van der Waals surface area (Å²) in [6.07, 6.45) is 5.02. The zero-order chi connectivity index (χ0) is 20.3. The molecule has 2 aromatic carbocycles. The number of rotatable bonds is 7. The molecule has 0 saturated heterocycles. The Morgan fingerprint density at radius 1 is 1.07 bits per heavy atom. The molecule has 0 fully saturated rings. The number of aromatic amines is 1. The zero-order valence-corrected chi connectivity index (χ0v) is 16.8. The zero-order valence-electron chi connectivity index (χ0n) is 16.0. The molecule has 1 aliphatic carbocycles. The molecule has 0 unspecified atom stereocenters. The Morgan fingerprint density at radius 2 is 1.90 bits per heavy atom. The molecule has 0 spiro atoms. The number of fused-ring (bicyclic) bond motifs is 1. The van der Waals surface area contributed by atoms with Gasteiger partial charge in [0.15, 0.2) is 5.82 Å². The summed E-state index contributed by atoms with van der Waals surface area (Å²) < 4.78 is 41.1. The largest absolute Gasteiger partial charge is 0.263 e. The van der Waals surface area contributed by atoms with Gasteiger partial charge in [0.25, 0.3) is 0 Å². The Balaban J connectivity index is 1.34. The van der Waals surface area contributed by atoms with Gasteiger partial charge >= 0.3 is 0 Å². The number of hydrogen-bond donors (Lipinski definition) is 2. The van der Waals surface area contributed by atoms with Gasteiger partial charge < -0.3 is 0 Å². The molecule has 1 aromatic heterocycles. The van der Waals surface area contributed by atoms with E-state index in [2.05, 4.69) is 19.9 Å². The Kier molecular flexibility index (Phi) is 5.73. The summed E-state index contributed by atoms with van der Waals surface area (Å²) in [4.78, 5) is 4.67. The van der Waals surface area contributed by atoms with Crippen molar-refractivity contribution in [3.63, 3.8) is 0 Å². The van der Waals surface area contributed by atoms with Crippen molar-refractivity contribution in [3.05, 3.63) is 76.6 Å². The van der Waals surface area contributed by atoms with Crippen LogP contribution in [-0.2, 0) is 35.7 Å². The lowest BCUT2D eigenvalue weighted by Crippen LogP contribution is -2.26. The third-order valence-electron chi connectivity index (χ3n) is 5.11. The summed E-state index contributed by atoms with van der Waals surface area (Å²) in [6, 6.07) is 11.7. The van der Waals surface area contributed by atoms with E-state index < -0.39 is 10.0 Å². The highest BCUT2D eigenvalue weighted by Crippen LogP contribution is 2.24. The first-order chi connectivity index (χ1) is 14.0. The number of nitrogens with zero attached hydrogens (tertiary/aromatic N) is 2. The van der Waals surface area contributed by atoms with Gasteiger partial charge in [-0.15, -0.1) is 0 Å². The number of H-pyrrole nitrogens is 1. The summed E-state index contributed by atoms with van der Waals surface area (Å²) in [7, 11) is -3.57. The van der Waals surface area contributed by atoms with Gasteiger partial charge in [0.2, 0.25) is 10.0 Å². The molecule has 0 atom stereocenters. The minimum atomic E-state index is -3.57. The van der Waals surface area contributed by atoms with Gasteiger partial charge in [-0.3, -0.25) is 5.10 Å². The van der Waals surface area contributed by atoms with Crippen molar-refractivity contribution in [1.29, 1.82) is 0 Å². The second-order valence-corrected chi connectivity index (χ2v) is 9.06. The van der Waals surface area contributed by atoms with Crippen molar-refractivity contribution in [2.45, 2.75) is 43.4 Å². The molecule has 3 aromatic rings. The smallest absolute Gasteiger partial charge is 0.240 e. The van der Waals surface area contributed by atoms with Crippen LogP contribution in [0.25, 0.3) is 0 Å². The molecule has 0 saturated carbocycles. The van der Waals surface area contributed by atoms with Crippen LogP contribution in [0.5, 0.6) is 0 Å². The van der Waals surface area contributed by atoms with E-state index in [1.165, 1.54) is 17.7 Å². The Labute approximate surface area is 169 Å². The van der Waals surface area contributed by atoms with Crippen LogP contribution in [0, 0.1) is 5.82 Å². The van der Waals surface area contributed by atoms with Gasteiger partial charge in [-0.1, -0.05) is 18.2 Å². The molecule has 6 nitrogen and oxygen atoms in total. The van der Waals surface area contributed by atoms with Gasteiger partial charge in [0, 0.05) is 19.4 Å². The number of aryl methyl sites for hydroxylation is 2. The van der Waals surface area contributed by atoms with Crippen molar-refractivity contribution in [3.8, 4) is 0 Å². The average Bonchev–Trinajstić information content (AvgIpc) is 3.14. The summed E-state index contributed by atoms with van der Waals surface area (Å²) in [5.74, 6) is 0.839. The number of hydrogen-bond acceptors (Lipinski definition) is 4. The first-order valence-electron chi connectivity index (χ1n) is 9.76. The second-order valence-electron chi connectivity index (χ2n) is 7.29. The highest BCUT2D eigenvalue weighted by Gasteiger charge is 2.17. The van der Waals surface area contributed by atoms with Crippen molar-refractivity contribution in [2.24, 2.45) is 0 Å². The summed E-state index contributed by atoms with van der Waals surface area (Å²) in [5.41, 5.74) is 3.18. The minimum Gasteiger partial charge on any atom is -0.263 e. The Morgan fingerprint density at radius 3 is 2.72 bits per heavy atom. The summed E-state index contributed by atoms with van der Waals surface area (Å²) >= 11 is 0. The molecule has 0 aliphatic heterocycles. The van der Waals surface area contributed by atoms with Gasteiger partial charge in [0.05, 0.1) is 4.90 Å². The number of sulfonamides is 1. The molecule has 1 aliphatic rings. The first-order valence-corrected chi connectivity index (χ1v) is 11.2. The molecule has 4 rings (SSSR count). The molecule has 29 heavy (non-hydrogen) atoms. The number of aromatic nitrogens is 3. The van der Waals surface area contributed by atoms with Gasteiger partial charge in [-0.2, -0.15) is 5.10 Å². The Hall–Kier alpha value is -2.58. The van der Waals surface area contributed by atoms with Gasteiger partial charge in [0.1, 0.15) is 11.6 Å². The molecular formula is C21H23FN4O2S. The van der Waals surface area contributed by atoms with Crippen LogP contribution in [-0.4, -0.2) is 30.1 Å². The molecular weight excluding hydrogens is 391 g/mol. The lowest BCUT2D eigenvalue weighted by Gasteiger charge is -2.16. The molecule has 0 amide bonds. The maximum absolute atomic E-state index is 13.3. The van der Waals surface area contributed by atoms with Crippen molar-refractivity contribution in [1.82, 2.24) is 19.9 Å². The molecule has 0 radical (unpaired) electrons. The van der Waals surface area contributed by atoms with Gasteiger partial charge in [-0.25, -0.2) is 22.5 Å². The fourth-order valence-electron chi connectivity index (χ4n) is 3.62. The van der Waals surface area contributed by atoms with Crippen LogP contribution in [0.4, 0.5) is 4.39 Å². The summed E-state index contributed by atoms with van der Waals surface area (Å²) in [5, 5.41) is 6.95. The molecule has 2 N–H and O–H groups in total. The van der Waals surface area contributed by atoms with Gasteiger partial charge in [-0.05, 0) is 66.6 Å². The minimum absolute atomic E-state index is 0.205. The van der Waals surface area contributed by atoms with Crippen molar-refractivity contribution in [2.75, 3.05) is 6.54 Å². The van der Waals surface area contributed by atoms with E-state index in [-0.39, 0.29) is 12.4 Å². The molecule has 0 bridgehead atoms. The molecule has 152 valence electrons. The highest BCUT2D eigenvalue weighted by atomic mass is 32.2. The number of nitrogens with one attached hydrogen (secondary N) is 2. The lowest BCUT2D eigenvalue weighted by molar-refractivity contribution is 0.580. The number of halogens is 1. The van der Waals surface area contributed by atoms with E-state index in [4.69, 9.17) is 0 Å². The standard InChI is InChI=1S/C21H23FN4O2S/c22-18-7-3-4-15(12-18)13-21-24-20(25-26-21)10-11-23-29(27,28)19-9-8-16-5-1-2-6-17(16)14-19/h3-4,7-9,12,14,23H,1-2,5-6,10-11,13H2,(H,24,25,26). The predicted octanol–water partition coefficient (Wildman–Crippen LogP) is 2.93. The topological polar surface area (TPSA) is 87.7 Å². The van der Waals surface area contributed by atoms with Crippen LogP contribution < -0.4 is 4.72 Å². The lowest BCUT2D eigenvalue weighted by atomic mass is 9.92. The second kappa shape index (κ2) is 8.42. The SMILES string of the molecule is O=S(=O)(NCCc1n[nH]c(Cc2cccc(F)c2)n1)c1ccc2c(c1)CCCC2. The normalized spacial score (nSPS) is 14.0. The fraction of sp³-hybridized carbons (Fsp3) is 0.333.